The molecule has 2 aromatic rings. The lowest BCUT2D eigenvalue weighted by atomic mass is 9.75. The van der Waals surface area contributed by atoms with Gasteiger partial charge in [0.2, 0.25) is 0 Å². The second kappa shape index (κ2) is 4.96. The molecule has 0 amide bonds. The minimum absolute atomic E-state index is 0.132. The Hall–Kier alpha value is -1.13. The van der Waals surface area contributed by atoms with Gasteiger partial charge in [0.15, 0.2) is 5.13 Å². The first kappa shape index (κ1) is 14.8. The summed E-state index contributed by atoms with van der Waals surface area (Å²) in [6.07, 6.45) is 1.47. The minimum Gasteiger partial charge on any atom is -0.388 e. The highest BCUT2D eigenvalue weighted by Gasteiger charge is 2.34. The van der Waals surface area contributed by atoms with E-state index in [1.807, 2.05) is 0 Å². The third-order valence-corrected chi connectivity index (χ3v) is 5.21. The topological polar surface area (TPSA) is 38.0 Å². The van der Waals surface area contributed by atoms with Gasteiger partial charge in [0.1, 0.15) is 0 Å². The molecule has 0 fully saturated rings. The van der Waals surface area contributed by atoms with Gasteiger partial charge in [-0.25, -0.2) is 4.98 Å². The van der Waals surface area contributed by atoms with Crippen molar-refractivity contribution in [2.75, 3.05) is 0 Å². The Morgan fingerprint density at radius 3 is 2.76 bits per heavy atom. The molecule has 1 unspecified atom stereocenters. The van der Waals surface area contributed by atoms with E-state index in [4.69, 9.17) is 4.98 Å². The van der Waals surface area contributed by atoms with Crippen LogP contribution in [0.4, 0.5) is 0 Å². The van der Waals surface area contributed by atoms with Crippen LogP contribution in [0.5, 0.6) is 0 Å². The van der Waals surface area contributed by atoms with E-state index in [0.29, 0.717) is 5.92 Å². The van der Waals surface area contributed by atoms with E-state index in [1.54, 1.807) is 11.3 Å². The van der Waals surface area contributed by atoms with E-state index in [9.17, 15) is 5.11 Å². The van der Waals surface area contributed by atoms with Crippen LogP contribution in [-0.2, 0) is 6.42 Å². The average Bonchev–Trinajstić information content (AvgIpc) is 2.92. The summed E-state index contributed by atoms with van der Waals surface area (Å²) in [5, 5.41) is 13.6. The van der Waals surface area contributed by atoms with Crippen LogP contribution in [0.3, 0.4) is 0 Å². The summed E-state index contributed by atoms with van der Waals surface area (Å²) < 4.78 is 2.25. The number of fused-ring (bicyclic) bond motifs is 1. The summed E-state index contributed by atoms with van der Waals surface area (Å²) in [5.74, 6) is 0.448. The molecule has 1 aliphatic carbocycles. The van der Waals surface area contributed by atoms with Gasteiger partial charge in [-0.3, -0.25) is 4.57 Å². The Morgan fingerprint density at radius 2 is 2.14 bits per heavy atom. The first-order valence-corrected chi connectivity index (χ1v) is 8.51. The number of hydrogen-bond acceptors (Lipinski definition) is 3. The highest BCUT2D eigenvalue weighted by molar-refractivity contribution is 7.12. The van der Waals surface area contributed by atoms with E-state index < -0.39 is 0 Å². The van der Waals surface area contributed by atoms with Crippen molar-refractivity contribution in [1.82, 2.24) is 9.55 Å². The lowest BCUT2D eigenvalue weighted by molar-refractivity contribution is 0.0987. The molecule has 0 aliphatic heterocycles. The van der Waals surface area contributed by atoms with E-state index in [1.165, 1.54) is 11.4 Å². The maximum absolute atomic E-state index is 10.4. The van der Waals surface area contributed by atoms with E-state index >= 15 is 0 Å². The minimum atomic E-state index is -0.353. The summed E-state index contributed by atoms with van der Waals surface area (Å²) in [4.78, 5) is 4.79. The number of aliphatic hydroxyl groups excluding tert-OH is 1. The fourth-order valence-corrected chi connectivity index (χ4v) is 4.32. The fraction of sp³-hybridized carbons (Fsp3) is 0.588. The standard InChI is InChI=1S/C17H24N2OS/c1-10(2)13-9-21-16(18-13)19-11(3)6-12-14(19)7-17(4,5)8-15(12)20/h6,9-10,15,20H,7-8H2,1-5H3. The molecule has 0 radical (unpaired) electrons. The first-order valence-electron chi connectivity index (χ1n) is 7.63. The summed E-state index contributed by atoms with van der Waals surface area (Å²) in [5.41, 5.74) is 4.77. The molecule has 0 aromatic carbocycles. The zero-order valence-corrected chi connectivity index (χ0v) is 14.3. The summed E-state index contributed by atoms with van der Waals surface area (Å²) >= 11 is 1.69. The molecule has 1 N–H and O–H groups in total. The molecule has 1 aliphatic rings. The monoisotopic (exact) mass is 304 g/mol. The predicted molar refractivity (Wildman–Crippen MR) is 87.3 cm³/mol. The van der Waals surface area contributed by atoms with Crippen LogP contribution in [0.1, 0.15) is 68.8 Å². The van der Waals surface area contributed by atoms with Crippen LogP contribution in [0.2, 0.25) is 0 Å². The van der Waals surface area contributed by atoms with Crippen molar-refractivity contribution in [3.05, 3.63) is 34.1 Å². The molecule has 0 saturated carbocycles. The van der Waals surface area contributed by atoms with Crippen LogP contribution < -0.4 is 0 Å². The first-order chi connectivity index (χ1) is 9.78. The van der Waals surface area contributed by atoms with Gasteiger partial charge in [-0.1, -0.05) is 27.7 Å². The Kier molecular flexibility index (Phi) is 3.49. The van der Waals surface area contributed by atoms with Crippen LogP contribution in [0, 0.1) is 12.3 Å². The Labute approximate surface area is 130 Å². The van der Waals surface area contributed by atoms with Gasteiger partial charge in [0, 0.05) is 22.3 Å². The second-order valence-electron chi connectivity index (χ2n) is 7.29. The highest BCUT2D eigenvalue weighted by Crippen LogP contribution is 2.43. The Morgan fingerprint density at radius 1 is 1.43 bits per heavy atom. The van der Waals surface area contributed by atoms with Gasteiger partial charge >= 0.3 is 0 Å². The van der Waals surface area contributed by atoms with Crippen molar-refractivity contribution in [2.24, 2.45) is 5.41 Å². The average molecular weight is 304 g/mol. The van der Waals surface area contributed by atoms with Crippen LogP contribution in [0.15, 0.2) is 11.4 Å². The van der Waals surface area contributed by atoms with Crippen molar-refractivity contribution in [3.63, 3.8) is 0 Å². The van der Waals surface area contributed by atoms with E-state index in [-0.39, 0.29) is 11.5 Å². The number of aromatic nitrogens is 2. The molecule has 0 spiro atoms. The van der Waals surface area contributed by atoms with Crippen LogP contribution in [-0.4, -0.2) is 14.7 Å². The molecular weight excluding hydrogens is 280 g/mol. The largest absolute Gasteiger partial charge is 0.388 e. The predicted octanol–water partition coefficient (Wildman–Crippen LogP) is 4.37. The van der Waals surface area contributed by atoms with Crippen molar-refractivity contribution in [2.45, 2.75) is 59.5 Å². The van der Waals surface area contributed by atoms with E-state index in [2.05, 4.69) is 50.6 Å². The molecule has 0 bridgehead atoms. The van der Waals surface area contributed by atoms with Crippen LogP contribution >= 0.6 is 11.3 Å². The lowest BCUT2D eigenvalue weighted by Crippen LogP contribution is -2.26. The van der Waals surface area contributed by atoms with Gasteiger partial charge in [-0.15, -0.1) is 11.3 Å². The van der Waals surface area contributed by atoms with Crippen LogP contribution in [0.25, 0.3) is 5.13 Å². The third-order valence-electron chi connectivity index (χ3n) is 4.36. The molecule has 3 rings (SSSR count). The van der Waals surface area contributed by atoms with Crippen molar-refractivity contribution >= 4 is 11.3 Å². The van der Waals surface area contributed by atoms with Gasteiger partial charge in [0.25, 0.3) is 0 Å². The van der Waals surface area contributed by atoms with E-state index in [0.717, 1.165) is 29.2 Å². The van der Waals surface area contributed by atoms with Crippen molar-refractivity contribution in [1.29, 1.82) is 0 Å². The summed E-state index contributed by atoms with van der Waals surface area (Å²) in [6.45, 7) is 10.9. The smallest absolute Gasteiger partial charge is 0.194 e. The fourth-order valence-electron chi connectivity index (χ4n) is 3.25. The molecular formula is C17H24N2OS. The number of rotatable bonds is 2. The van der Waals surface area contributed by atoms with Gasteiger partial charge in [-0.05, 0) is 37.2 Å². The maximum Gasteiger partial charge on any atom is 0.194 e. The zero-order chi connectivity index (χ0) is 15.4. The number of nitrogens with zero attached hydrogens (tertiary/aromatic N) is 2. The second-order valence-corrected chi connectivity index (χ2v) is 8.13. The molecule has 4 heteroatoms. The Bertz CT molecular complexity index is 666. The number of thiazole rings is 1. The van der Waals surface area contributed by atoms with Gasteiger partial charge in [0.05, 0.1) is 11.8 Å². The molecule has 2 heterocycles. The maximum atomic E-state index is 10.4. The van der Waals surface area contributed by atoms with Gasteiger partial charge < -0.3 is 5.11 Å². The van der Waals surface area contributed by atoms with Crippen molar-refractivity contribution in [3.8, 4) is 5.13 Å². The molecule has 1 atom stereocenters. The SMILES string of the molecule is Cc1cc2c(n1-c1nc(C(C)C)cs1)CC(C)(C)CC2O. The van der Waals surface area contributed by atoms with Gasteiger partial charge in [-0.2, -0.15) is 0 Å². The molecule has 21 heavy (non-hydrogen) atoms. The normalized spacial score (nSPS) is 20.8. The summed E-state index contributed by atoms with van der Waals surface area (Å²) in [7, 11) is 0. The molecule has 3 nitrogen and oxygen atoms in total. The lowest BCUT2D eigenvalue weighted by Gasteiger charge is -2.33. The number of hydrogen-bond donors (Lipinski definition) is 1. The third kappa shape index (κ3) is 2.55. The Balaban J connectivity index is 2.11. The number of aryl methyl sites for hydroxylation is 1. The quantitative estimate of drug-likeness (QED) is 0.894. The summed E-state index contributed by atoms with van der Waals surface area (Å²) in [6, 6.07) is 2.13. The molecule has 2 aromatic heterocycles. The molecule has 114 valence electrons. The van der Waals surface area contributed by atoms with Crippen molar-refractivity contribution < 1.29 is 5.11 Å². The zero-order valence-electron chi connectivity index (χ0n) is 13.5. The number of aliphatic hydroxyl groups is 1. The highest BCUT2D eigenvalue weighted by atomic mass is 32.1. The molecule has 0 saturated heterocycles.